The molecule has 1 aromatic heterocycles. The maximum atomic E-state index is 12.2. The summed E-state index contributed by atoms with van der Waals surface area (Å²) in [6.45, 7) is 0. The zero-order valence-electron chi connectivity index (χ0n) is 14.3. The molecule has 5 heteroatoms. The second-order valence-electron chi connectivity index (χ2n) is 6.01. The van der Waals surface area contributed by atoms with Crippen LogP contribution in [-0.2, 0) is 0 Å². The van der Waals surface area contributed by atoms with Crippen molar-refractivity contribution in [3.8, 4) is 5.69 Å². The highest BCUT2D eigenvalue weighted by atomic mass is 79.9. The van der Waals surface area contributed by atoms with Crippen LogP contribution in [0.2, 0.25) is 0 Å². The van der Waals surface area contributed by atoms with E-state index in [1.54, 1.807) is 12.3 Å². The van der Waals surface area contributed by atoms with Crippen molar-refractivity contribution >= 4 is 38.8 Å². The summed E-state index contributed by atoms with van der Waals surface area (Å²) in [5.41, 5.74) is 5.03. The van der Waals surface area contributed by atoms with Crippen LogP contribution in [0.4, 0.5) is 0 Å². The standard InChI is InChI=1S/C22H16BrN3O/c23-21-10-4-3-9-20(21)22(27)25-24-15-19-8-5-13-26(19)18-12-11-16-6-1-2-7-17(16)14-18/h1-15H,(H,25,27)/b24-15+. The highest BCUT2D eigenvalue weighted by Crippen LogP contribution is 2.20. The van der Waals surface area contributed by atoms with E-state index in [4.69, 9.17) is 0 Å². The van der Waals surface area contributed by atoms with E-state index in [0.717, 1.165) is 15.9 Å². The van der Waals surface area contributed by atoms with Gasteiger partial charge in [0, 0.05) is 16.4 Å². The zero-order chi connectivity index (χ0) is 18.6. The molecule has 1 heterocycles. The van der Waals surface area contributed by atoms with Gasteiger partial charge in [0.1, 0.15) is 0 Å². The van der Waals surface area contributed by atoms with E-state index in [9.17, 15) is 4.79 Å². The molecule has 0 unspecified atom stereocenters. The number of benzene rings is 3. The molecular weight excluding hydrogens is 402 g/mol. The number of nitrogens with zero attached hydrogens (tertiary/aromatic N) is 2. The van der Waals surface area contributed by atoms with Crippen LogP contribution in [0.1, 0.15) is 16.1 Å². The molecule has 0 saturated heterocycles. The number of hydrazone groups is 1. The number of nitrogens with one attached hydrogen (secondary N) is 1. The summed E-state index contributed by atoms with van der Waals surface area (Å²) >= 11 is 3.37. The third-order valence-corrected chi connectivity index (χ3v) is 4.96. The molecule has 0 spiro atoms. The number of carbonyl (C=O) groups excluding carboxylic acids is 1. The van der Waals surface area contributed by atoms with Gasteiger partial charge in [-0.15, -0.1) is 0 Å². The van der Waals surface area contributed by atoms with Gasteiger partial charge in [-0.3, -0.25) is 4.79 Å². The topological polar surface area (TPSA) is 46.4 Å². The summed E-state index contributed by atoms with van der Waals surface area (Å²) in [6, 6.07) is 25.7. The molecule has 0 aliphatic rings. The average Bonchev–Trinajstić information content (AvgIpc) is 3.16. The molecule has 1 N–H and O–H groups in total. The molecule has 0 fully saturated rings. The highest BCUT2D eigenvalue weighted by molar-refractivity contribution is 9.10. The van der Waals surface area contributed by atoms with Crippen molar-refractivity contribution in [1.82, 2.24) is 9.99 Å². The first-order valence-electron chi connectivity index (χ1n) is 8.47. The van der Waals surface area contributed by atoms with Gasteiger partial charge < -0.3 is 4.57 Å². The van der Waals surface area contributed by atoms with Crippen molar-refractivity contribution in [2.75, 3.05) is 0 Å². The molecule has 0 saturated carbocycles. The number of amides is 1. The Morgan fingerprint density at radius 1 is 0.926 bits per heavy atom. The van der Waals surface area contributed by atoms with Gasteiger partial charge in [0.2, 0.25) is 0 Å². The summed E-state index contributed by atoms with van der Waals surface area (Å²) in [5.74, 6) is -0.262. The predicted octanol–water partition coefficient (Wildman–Crippen LogP) is 5.16. The fourth-order valence-electron chi connectivity index (χ4n) is 2.92. The van der Waals surface area contributed by atoms with E-state index in [-0.39, 0.29) is 5.91 Å². The lowest BCUT2D eigenvalue weighted by Crippen LogP contribution is -2.18. The second-order valence-corrected chi connectivity index (χ2v) is 6.87. The Morgan fingerprint density at radius 3 is 2.56 bits per heavy atom. The summed E-state index contributed by atoms with van der Waals surface area (Å²) in [6.07, 6.45) is 3.62. The molecule has 4 rings (SSSR count). The van der Waals surface area contributed by atoms with E-state index in [2.05, 4.69) is 56.8 Å². The zero-order valence-corrected chi connectivity index (χ0v) is 15.9. The largest absolute Gasteiger partial charge is 0.316 e. The Hall–Kier alpha value is -3.18. The minimum absolute atomic E-state index is 0.262. The van der Waals surface area contributed by atoms with Crippen LogP contribution < -0.4 is 5.43 Å². The molecule has 132 valence electrons. The van der Waals surface area contributed by atoms with Gasteiger partial charge in [-0.1, -0.05) is 42.5 Å². The Labute approximate surface area is 165 Å². The van der Waals surface area contributed by atoms with Crippen LogP contribution >= 0.6 is 15.9 Å². The van der Waals surface area contributed by atoms with Gasteiger partial charge >= 0.3 is 0 Å². The van der Waals surface area contributed by atoms with E-state index < -0.39 is 0 Å². The number of fused-ring (bicyclic) bond motifs is 1. The number of hydrogen-bond donors (Lipinski definition) is 1. The fourth-order valence-corrected chi connectivity index (χ4v) is 3.39. The summed E-state index contributed by atoms with van der Waals surface area (Å²) < 4.78 is 2.76. The van der Waals surface area contributed by atoms with Crippen LogP contribution in [0.25, 0.3) is 16.5 Å². The third kappa shape index (κ3) is 3.68. The molecule has 0 atom stereocenters. The smallest absolute Gasteiger partial charge is 0.272 e. The lowest BCUT2D eigenvalue weighted by atomic mass is 10.1. The Bertz CT molecular complexity index is 1150. The van der Waals surface area contributed by atoms with Crippen LogP contribution in [0.3, 0.4) is 0 Å². The molecule has 0 aliphatic carbocycles. The fraction of sp³-hybridized carbons (Fsp3) is 0. The van der Waals surface area contributed by atoms with E-state index in [1.165, 1.54) is 10.8 Å². The maximum absolute atomic E-state index is 12.2. The van der Waals surface area contributed by atoms with Crippen molar-refractivity contribution in [3.05, 3.63) is 101 Å². The second kappa shape index (κ2) is 7.60. The Morgan fingerprint density at radius 2 is 1.70 bits per heavy atom. The highest BCUT2D eigenvalue weighted by Gasteiger charge is 2.08. The van der Waals surface area contributed by atoms with Gasteiger partial charge in [0.25, 0.3) is 5.91 Å². The van der Waals surface area contributed by atoms with Gasteiger partial charge in [-0.05, 0) is 63.1 Å². The van der Waals surface area contributed by atoms with Crippen LogP contribution in [0, 0.1) is 0 Å². The first-order chi connectivity index (χ1) is 13.2. The molecule has 0 radical (unpaired) electrons. The average molecular weight is 418 g/mol. The first kappa shape index (κ1) is 17.2. The van der Waals surface area contributed by atoms with Gasteiger partial charge in [-0.2, -0.15) is 5.10 Å². The normalized spacial score (nSPS) is 11.1. The van der Waals surface area contributed by atoms with Crippen molar-refractivity contribution in [2.24, 2.45) is 5.10 Å². The summed E-state index contributed by atoms with van der Waals surface area (Å²) in [4.78, 5) is 12.2. The summed E-state index contributed by atoms with van der Waals surface area (Å²) in [5, 5.41) is 6.49. The number of rotatable bonds is 4. The number of hydrogen-bond acceptors (Lipinski definition) is 2. The number of carbonyl (C=O) groups is 1. The third-order valence-electron chi connectivity index (χ3n) is 4.27. The molecule has 4 nitrogen and oxygen atoms in total. The lowest BCUT2D eigenvalue weighted by Gasteiger charge is -2.08. The molecule has 3 aromatic carbocycles. The van der Waals surface area contributed by atoms with Crippen molar-refractivity contribution < 1.29 is 4.79 Å². The molecule has 4 aromatic rings. The molecular formula is C22H16BrN3O. The Balaban J connectivity index is 1.55. The van der Waals surface area contributed by atoms with Crippen LogP contribution in [-0.4, -0.2) is 16.7 Å². The Kier molecular flexibility index (Phi) is 4.85. The van der Waals surface area contributed by atoms with Crippen LogP contribution in [0.15, 0.2) is 94.6 Å². The van der Waals surface area contributed by atoms with Gasteiger partial charge in [0.15, 0.2) is 0 Å². The predicted molar refractivity (Wildman–Crippen MR) is 112 cm³/mol. The van der Waals surface area contributed by atoms with E-state index in [1.807, 2.05) is 53.2 Å². The quantitative estimate of drug-likeness (QED) is 0.361. The maximum Gasteiger partial charge on any atom is 0.272 e. The van der Waals surface area contributed by atoms with Gasteiger partial charge in [0.05, 0.1) is 17.5 Å². The molecule has 0 bridgehead atoms. The summed E-state index contributed by atoms with van der Waals surface area (Å²) in [7, 11) is 0. The van der Waals surface area contributed by atoms with E-state index >= 15 is 0 Å². The molecule has 27 heavy (non-hydrogen) atoms. The van der Waals surface area contributed by atoms with Gasteiger partial charge in [-0.25, -0.2) is 5.43 Å². The lowest BCUT2D eigenvalue weighted by molar-refractivity contribution is 0.0954. The minimum atomic E-state index is -0.262. The van der Waals surface area contributed by atoms with Crippen molar-refractivity contribution in [3.63, 3.8) is 0 Å². The number of aromatic nitrogens is 1. The SMILES string of the molecule is O=C(N/N=C/c1cccn1-c1ccc2ccccc2c1)c1ccccc1Br. The van der Waals surface area contributed by atoms with Crippen molar-refractivity contribution in [2.45, 2.75) is 0 Å². The number of halogens is 1. The molecule has 1 amide bonds. The monoisotopic (exact) mass is 417 g/mol. The molecule has 0 aliphatic heterocycles. The minimum Gasteiger partial charge on any atom is -0.316 e. The first-order valence-corrected chi connectivity index (χ1v) is 9.26. The van der Waals surface area contributed by atoms with Crippen molar-refractivity contribution in [1.29, 1.82) is 0 Å². The van der Waals surface area contributed by atoms with Crippen LogP contribution in [0.5, 0.6) is 0 Å². The van der Waals surface area contributed by atoms with E-state index in [0.29, 0.717) is 5.56 Å².